The first-order valence-corrected chi connectivity index (χ1v) is 5.95. The van der Waals surface area contributed by atoms with Crippen molar-refractivity contribution in [3.63, 3.8) is 0 Å². The fraction of sp³-hybridized carbons (Fsp3) is 0.250. The van der Waals surface area contributed by atoms with E-state index in [1.165, 1.54) is 12.1 Å². The third kappa shape index (κ3) is 2.26. The van der Waals surface area contributed by atoms with E-state index in [1.54, 1.807) is 10.7 Å². The number of aryl methyl sites for hydroxylation is 2. The molecule has 1 aromatic carbocycles. The van der Waals surface area contributed by atoms with E-state index >= 15 is 0 Å². The third-order valence-corrected chi connectivity index (χ3v) is 2.97. The van der Waals surface area contributed by atoms with Gasteiger partial charge in [-0.05, 0) is 32.0 Å². The van der Waals surface area contributed by atoms with E-state index in [2.05, 4.69) is 10.4 Å². The van der Waals surface area contributed by atoms with Gasteiger partial charge in [-0.25, -0.2) is 9.07 Å². The normalized spacial score (nSPS) is 10.7. The van der Waals surface area contributed by atoms with Crippen molar-refractivity contribution >= 4 is 28.8 Å². The van der Waals surface area contributed by atoms with Gasteiger partial charge < -0.3 is 11.1 Å². The Kier molecular flexibility index (Phi) is 3.43. The summed E-state index contributed by atoms with van der Waals surface area (Å²) in [7, 11) is 0. The summed E-state index contributed by atoms with van der Waals surface area (Å²) in [4.78, 5) is 0. The van der Waals surface area contributed by atoms with Crippen LogP contribution in [0.15, 0.2) is 18.2 Å². The number of anilines is 3. The van der Waals surface area contributed by atoms with E-state index in [4.69, 9.17) is 17.3 Å². The maximum absolute atomic E-state index is 13.0. The van der Waals surface area contributed by atoms with Crippen LogP contribution in [0.3, 0.4) is 0 Å². The molecule has 3 N–H and O–H groups in total. The number of nitrogens with one attached hydrogen (secondary N) is 1. The van der Waals surface area contributed by atoms with Crippen molar-refractivity contribution in [2.75, 3.05) is 11.1 Å². The molecule has 18 heavy (non-hydrogen) atoms. The monoisotopic (exact) mass is 268 g/mol. The number of hydrogen-bond donors (Lipinski definition) is 2. The number of hydrogen-bond acceptors (Lipinski definition) is 3. The Labute approximate surface area is 110 Å². The number of nitrogens with zero attached hydrogens (tertiary/aromatic N) is 2. The van der Waals surface area contributed by atoms with Crippen LogP contribution in [-0.2, 0) is 6.54 Å². The van der Waals surface area contributed by atoms with Gasteiger partial charge in [-0.1, -0.05) is 11.6 Å². The minimum Gasteiger partial charge on any atom is -0.394 e. The predicted molar refractivity (Wildman–Crippen MR) is 71.7 cm³/mol. The molecule has 0 saturated carbocycles. The van der Waals surface area contributed by atoms with Crippen LogP contribution in [0.4, 0.5) is 21.6 Å². The Morgan fingerprint density at radius 1 is 1.50 bits per heavy atom. The van der Waals surface area contributed by atoms with Gasteiger partial charge in [0.1, 0.15) is 5.82 Å². The van der Waals surface area contributed by atoms with E-state index in [0.29, 0.717) is 28.8 Å². The lowest BCUT2D eigenvalue weighted by Gasteiger charge is -2.10. The lowest BCUT2D eigenvalue weighted by Crippen LogP contribution is -2.04. The molecule has 0 radical (unpaired) electrons. The molecule has 2 rings (SSSR count). The largest absolute Gasteiger partial charge is 0.394 e. The highest BCUT2D eigenvalue weighted by molar-refractivity contribution is 6.33. The third-order valence-electron chi connectivity index (χ3n) is 2.66. The first-order chi connectivity index (χ1) is 8.52. The molecule has 0 fully saturated rings. The summed E-state index contributed by atoms with van der Waals surface area (Å²) in [5.74, 6) is 0.294. The fourth-order valence-corrected chi connectivity index (χ4v) is 1.89. The van der Waals surface area contributed by atoms with Crippen molar-refractivity contribution in [1.82, 2.24) is 9.78 Å². The van der Waals surface area contributed by atoms with E-state index < -0.39 is 0 Å². The quantitative estimate of drug-likeness (QED) is 0.898. The summed E-state index contributed by atoms with van der Waals surface area (Å²) in [5, 5.41) is 7.67. The number of aromatic nitrogens is 2. The Morgan fingerprint density at radius 2 is 2.22 bits per heavy atom. The minimum atomic E-state index is -0.376. The average molecular weight is 269 g/mol. The van der Waals surface area contributed by atoms with Gasteiger partial charge >= 0.3 is 0 Å². The van der Waals surface area contributed by atoms with E-state index in [1.807, 2.05) is 13.8 Å². The molecule has 4 nitrogen and oxygen atoms in total. The molecule has 1 aromatic heterocycles. The highest BCUT2D eigenvalue weighted by atomic mass is 35.5. The fourth-order valence-electron chi connectivity index (χ4n) is 1.67. The van der Waals surface area contributed by atoms with Gasteiger partial charge in [0, 0.05) is 6.54 Å². The zero-order chi connectivity index (χ0) is 13.3. The van der Waals surface area contributed by atoms with Crippen LogP contribution >= 0.6 is 11.6 Å². The van der Waals surface area contributed by atoms with Crippen molar-refractivity contribution in [2.24, 2.45) is 0 Å². The molecule has 0 unspecified atom stereocenters. The molecule has 0 aliphatic heterocycles. The van der Waals surface area contributed by atoms with Gasteiger partial charge in [0.25, 0.3) is 0 Å². The van der Waals surface area contributed by atoms with Crippen LogP contribution in [0, 0.1) is 12.7 Å². The lowest BCUT2D eigenvalue weighted by atomic mass is 10.3. The second-order valence-corrected chi connectivity index (χ2v) is 4.32. The molecule has 96 valence electrons. The molecule has 0 saturated heterocycles. The van der Waals surface area contributed by atoms with Gasteiger partial charge in [-0.3, -0.25) is 0 Å². The minimum absolute atomic E-state index is 0.302. The molecular weight excluding hydrogens is 255 g/mol. The summed E-state index contributed by atoms with van der Waals surface area (Å²) in [6.45, 7) is 4.47. The predicted octanol–water partition coefficient (Wildman–Crippen LogP) is 3.33. The van der Waals surface area contributed by atoms with Crippen LogP contribution in [0.25, 0.3) is 0 Å². The van der Waals surface area contributed by atoms with Gasteiger partial charge in [0.15, 0.2) is 5.82 Å². The van der Waals surface area contributed by atoms with Gasteiger partial charge in [0.05, 0.1) is 22.1 Å². The zero-order valence-corrected chi connectivity index (χ0v) is 10.9. The number of rotatable bonds is 3. The second kappa shape index (κ2) is 4.86. The van der Waals surface area contributed by atoms with Gasteiger partial charge in [-0.15, -0.1) is 0 Å². The van der Waals surface area contributed by atoms with Crippen LogP contribution in [-0.4, -0.2) is 9.78 Å². The zero-order valence-electron chi connectivity index (χ0n) is 10.2. The molecule has 0 aliphatic carbocycles. The molecule has 2 aromatic rings. The first-order valence-electron chi connectivity index (χ1n) is 5.58. The summed E-state index contributed by atoms with van der Waals surface area (Å²) in [6.07, 6.45) is 0. The summed E-state index contributed by atoms with van der Waals surface area (Å²) >= 11 is 5.96. The van der Waals surface area contributed by atoms with Crippen molar-refractivity contribution in [1.29, 1.82) is 0 Å². The molecule has 0 aliphatic rings. The van der Waals surface area contributed by atoms with Crippen LogP contribution in [0.2, 0.25) is 5.02 Å². The summed E-state index contributed by atoms with van der Waals surface area (Å²) < 4.78 is 14.7. The Hall–Kier alpha value is -1.75. The van der Waals surface area contributed by atoms with Crippen molar-refractivity contribution in [3.05, 3.63) is 34.7 Å². The van der Waals surface area contributed by atoms with Gasteiger partial charge in [-0.2, -0.15) is 5.10 Å². The van der Waals surface area contributed by atoms with Crippen molar-refractivity contribution in [3.8, 4) is 0 Å². The molecule has 0 amide bonds. The number of nitrogen functional groups attached to an aromatic ring is 1. The maximum Gasteiger partial charge on any atom is 0.152 e. The van der Waals surface area contributed by atoms with Crippen LogP contribution in [0.5, 0.6) is 0 Å². The van der Waals surface area contributed by atoms with E-state index in [9.17, 15) is 4.39 Å². The number of halogens is 2. The van der Waals surface area contributed by atoms with Gasteiger partial charge in [0.2, 0.25) is 0 Å². The standard InChI is InChI=1S/C12H14ClFN4/c1-3-18-12(11(15)7(2)17-18)16-10-5-4-8(14)6-9(10)13/h4-6,16H,3,15H2,1-2H3. The van der Waals surface area contributed by atoms with Crippen molar-refractivity contribution < 1.29 is 4.39 Å². The molecular formula is C12H14ClFN4. The maximum atomic E-state index is 13.0. The lowest BCUT2D eigenvalue weighted by molar-refractivity contribution is 0.628. The highest BCUT2D eigenvalue weighted by Gasteiger charge is 2.13. The first kappa shape index (κ1) is 12.7. The van der Waals surface area contributed by atoms with E-state index in [-0.39, 0.29) is 5.82 Å². The average Bonchev–Trinajstić information content (AvgIpc) is 2.60. The molecule has 0 spiro atoms. The highest BCUT2D eigenvalue weighted by Crippen LogP contribution is 2.30. The second-order valence-electron chi connectivity index (χ2n) is 3.91. The van der Waals surface area contributed by atoms with Crippen molar-refractivity contribution in [2.45, 2.75) is 20.4 Å². The Morgan fingerprint density at radius 3 is 2.83 bits per heavy atom. The van der Waals surface area contributed by atoms with Crippen LogP contribution < -0.4 is 11.1 Å². The number of nitrogens with two attached hydrogens (primary N) is 1. The Balaban J connectivity index is 2.39. The van der Waals surface area contributed by atoms with Crippen LogP contribution in [0.1, 0.15) is 12.6 Å². The molecule has 0 bridgehead atoms. The smallest absolute Gasteiger partial charge is 0.152 e. The molecule has 0 atom stereocenters. The molecule has 6 heteroatoms. The Bertz CT molecular complexity index is 580. The summed E-state index contributed by atoms with van der Waals surface area (Å²) in [6, 6.07) is 4.16. The SMILES string of the molecule is CCn1nc(C)c(N)c1Nc1ccc(F)cc1Cl. The molecule has 1 heterocycles. The summed E-state index contributed by atoms with van der Waals surface area (Å²) in [5.41, 5.74) is 7.86. The number of benzene rings is 1. The topological polar surface area (TPSA) is 55.9 Å². The van der Waals surface area contributed by atoms with E-state index in [0.717, 1.165) is 5.69 Å².